The van der Waals surface area contributed by atoms with Gasteiger partial charge in [0.05, 0.1) is 0 Å². The van der Waals surface area contributed by atoms with Gasteiger partial charge in [-0.3, -0.25) is 0 Å². The van der Waals surface area contributed by atoms with Crippen molar-refractivity contribution in [2.45, 2.75) is 87.3 Å². The second-order valence-electron chi connectivity index (χ2n) is 6.05. The third-order valence-corrected chi connectivity index (χ3v) is 4.56. The summed E-state index contributed by atoms with van der Waals surface area (Å²) in [4.78, 5) is 20.9. The summed E-state index contributed by atoms with van der Waals surface area (Å²) < 4.78 is 26.4. The highest BCUT2D eigenvalue weighted by Gasteiger charge is 2.35. The zero-order valence-corrected chi connectivity index (χ0v) is 15.2. The minimum absolute atomic E-state index is 0.184. The second-order valence-corrected chi connectivity index (χ2v) is 7.25. The predicted molar refractivity (Wildman–Crippen MR) is 90.1 cm³/mol. The van der Waals surface area contributed by atoms with E-state index in [1.165, 1.54) is 0 Å². The lowest BCUT2D eigenvalue weighted by Gasteiger charge is -2.12. The predicted octanol–water partition coefficient (Wildman–Crippen LogP) is 5.65. The Hall–Kier alpha value is -0.620. The first-order valence-corrected chi connectivity index (χ1v) is 9.07. The third kappa shape index (κ3) is 11.0. The first-order valence-electron chi connectivity index (χ1n) is 8.32. The molecule has 0 radical (unpaired) electrons. The van der Waals surface area contributed by atoms with Gasteiger partial charge in [-0.05, 0) is 12.8 Å². The molecular weight excluding hydrogens is 365 g/mol. The maximum Gasteiger partial charge on any atom is 0.357 e. The Kier molecular flexibility index (Phi) is 11.5. The van der Waals surface area contributed by atoms with Gasteiger partial charge >= 0.3 is 11.9 Å². The van der Waals surface area contributed by atoms with Crippen molar-refractivity contribution in [1.29, 1.82) is 0 Å². The first kappa shape index (κ1) is 23.4. The molecule has 0 aromatic heterocycles. The summed E-state index contributed by atoms with van der Waals surface area (Å²) in [6.07, 6.45) is 7.85. The van der Waals surface area contributed by atoms with Crippen molar-refractivity contribution in [3.8, 4) is 0 Å². The van der Waals surface area contributed by atoms with E-state index < -0.39 is 22.2 Å². The van der Waals surface area contributed by atoms with Crippen molar-refractivity contribution in [3.05, 3.63) is 0 Å². The highest BCUT2D eigenvalue weighted by atomic mass is 35.5. The minimum atomic E-state index is -2.65. The fourth-order valence-electron chi connectivity index (χ4n) is 2.32. The summed E-state index contributed by atoms with van der Waals surface area (Å²) in [5.74, 6) is -3.27. The monoisotopic (exact) mass is 390 g/mol. The highest BCUT2D eigenvalue weighted by molar-refractivity contribution is 6.32. The number of carbonyl (C=O) groups is 2. The number of alkyl halides is 4. The number of hydrogen-bond acceptors (Lipinski definition) is 2. The maximum atomic E-state index is 13.2. The number of aliphatic carboxylic acids is 2. The molecule has 0 heterocycles. The molecule has 142 valence electrons. The Bertz CT molecular complexity index is 354. The fraction of sp³-hybridized carbons (Fsp3) is 0.875. The molecule has 0 fully saturated rings. The molecule has 2 atom stereocenters. The van der Waals surface area contributed by atoms with Crippen LogP contribution in [0.1, 0.15) is 77.0 Å². The van der Waals surface area contributed by atoms with E-state index in [0.29, 0.717) is 12.8 Å². The van der Waals surface area contributed by atoms with Crippen LogP contribution in [0, 0.1) is 0 Å². The van der Waals surface area contributed by atoms with E-state index in [4.69, 9.17) is 33.4 Å². The van der Waals surface area contributed by atoms with E-state index >= 15 is 0 Å². The molecule has 2 unspecified atom stereocenters. The smallest absolute Gasteiger partial charge is 0.357 e. The van der Waals surface area contributed by atoms with Crippen LogP contribution in [0.5, 0.6) is 0 Å². The molecule has 2 N–H and O–H groups in total. The van der Waals surface area contributed by atoms with Crippen LogP contribution in [-0.2, 0) is 9.59 Å². The van der Waals surface area contributed by atoms with Crippen LogP contribution in [0.15, 0.2) is 0 Å². The first-order chi connectivity index (χ1) is 11.1. The quantitative estimate of drug-likeness (QED) is 0.280. The van der Waals surface area contributed by atoms with E-state index in [1.807, 2.05) is 0 Å². The maximum absolute atomic E-state index is 13.2. The SMILES string of the molecule is O=C(O)C(F)(Cl)CCCCCCCCCCCCC(F)(Cl)C(=O)O. The van der Waals surface area contributed by atoms with Gasteiger partial charge in [-0.25, -0.2) is 18.4 Å². The lowest BCUT2D eigenvalue weighted by molar-refractivity contribution is -0.146. The molecule has 0 spiro atoms. The molecule has 0 rings (SSSR count). The molecule has 24 heavy (non-hydrogen) atoms. The van der Waals surface area contributed by atoms with Crippen LogP contribution in [0.4, 0.5) is 8.78 Å². The van der Waals surface area contributed by atoms with Crippen LogP contribution in [0.3, 0.4) is 0 Å². The summed E-state index contributed by atoms with van der Waals surface area (Å²) in [6.45, 7) is 0. The number of carboxylic acid groups (broad SMARTS) is 2. The molecule has 4 nitrogen and oxygen atoms in total. The molecule has 0 aromatic carbocycles. The Morgan fingerprint density at radius 2 is 0.833 bits per heavy atom. The van der Waals surface area contributed by atoms with Gasteiger partial charge in [-0.1, -0.05) is 74.6 Å². The summed E-state index contributed by atoms with van der Waals surface area (Å²) in [6, 6.07) is 0. The molecule has 0 aromatic rings. The standard InChI is InChI=1S/C16H26Cl2F2O4/c17-15(19,13(21)22)11-9-7-5-3-1-2-4-6-8-10-12-16(18,20)14(23)24/h1-12H2,(H,21,22)(H,23,24). The van der Waals surface area contributed by atoms with Crippen LogP contribution in [0.2, 0.25) is 0 Å². The van der Waals surface area contributed by atoms with Crippen molar-refractivity contribution >= 4 is 35.1 Å². The summed E-state index contributed by atoms with van der Waals surface area (Å²) in [7, 11) is 0. The van der Waals surface area contributed by atoms with E-state index in [2.05, 4.69) is 0 Å². The molecule has 0 aliphatic rings. The van der Waals surface area contributed by atoms with Crippen LogP contribution in [-0.4, -0.2) is 32.4 Å². The largest absolute Gasteiger partial charge is 0.478 e. The number of rotatable bonds is 15. The zero-order chi connectivity index (χ0) is 18.6. The highest BCUT2D eigenvalue weighted by Crippen LogP contribution is 2.26. The summed E-state index contributed by atoms with van der Waals surface area (Å²) in [5, 5.41) is 11.7. The molecular formula is C16H26Cl2F2O4. The van der Waals surface area contributed by atoms with Crippen molar-refractivity contribution in [2.75, 3.05) is 0 Å². The Morgan fingerprint density at radius 1 is 0.625 bits per heavy atom. The topological polar surface area (TPSA) is 74.6 Å². The van der Waals surface area contributed by atoms with Crippen molar-refractivity contribution < 1.29 is 28.6 Å². The molecule has 0 aliphatic heterocycles. The summed E-state index contributed by atoms with van der Waals surface area (Å²) >= 11 is 10.4. The van der Waals surface area contributed by atoms with Gasteiger partial charge in [-0.15, -0.1) is 0 Å². The Morgan fingerprint density at radius 3 is 1.04 bits per heavy atom. The summed E-state index contributed by atoms with van der Waals surface area (Å²) in [5.41, 5.74) is 0. The molecule has 0 saturated heterocycles. The van der Waals surface area contributed by atoms with Crippen molar-refractivity contribution in [1.82, 2.24) is 0 Å². The van der Waals surface area contributed by atoms with Gasteiger partial charge < -0.3 is 10.2 Å². The van der Waals surface area contributed by atoms with Crippen LogP contribution < -0.4 is 0 Å². The van der Waals surface area contributed by atoms with E-state index in [-0.39, 0.29) is 12.8 Å². The second kappa shape index (κ2) is 11.9. The molecule has 8 heteroatoms. The fourth-order valence-corrected chi connectivity index (χ4v) is 2.59. The van der Waals surface area contributed by atoms with Gasteiger partial charge in [0, 0.05) is 12.8 Å². The lowest BCUT2D eigenvalue weighted by atomic mass is 10.0. The van der Waals surface area contributed by atoms with Crippen molar-refractivity contribution in [2.24, 2.45) is 0 Å². The zero-order valence-electron chi connectivity index (χ0n) is 13.7. The number of carboxylic acids is 2. The Balaban J connectivity index is 3.38. The van der Waals surface area contributed by atoms with Crippen molar-refractivity contribution in [3.63, 3.8) is 0 Å². The number of unbranched alkanes of at least 4 members (excludes halogenated alkanes) is 9. The van der Waals surface area contributed by atoms with E-state index in [0.717, 1.165) is 51.4 Å². The normalized spacial score (nSPS) is 16.3. The average Bonchev–Trinajstić information content (AvgIpc) is 2.47. The lowest BCUT2D eigenvalue weighted by Crippen LogP contribution is -2.26. The molecule has 0 bridgehead atoms. The van der Waals surface area contributed by atoms with E-state index in [9.17, 15) is 18.4 Å². The van der Waals surface area contributed by atoms with Gasteiger partial charge in [-0.2, -0.15) is 0 Å². The van der Waals surface area contributed by atoms with Crippen LogP contribution in [0.25, 0.3) is 0 Å². The molecule has 0 saturated carbocycles. The number of halogens is 4. The van der Waals surface area contributed by atoms with Gasteiger partial charge in [0.2, 0.25) is 0 Å². The van der Waals surface area contributed by atoms with Gasteiger partial charge in [0.25, 0.3) is 10.3 Å². The minimum Gasteiger partial charge on any atom is -0.478 e. The average molecular weight is 391 g/mol. The molecule has 0 amide bonds. The van der Waals surface area contributed by atoms with Gasteiger partial charge in [0.15, 0.2) is 0 Å². The molecule has 0 aliphatic carbocycles. The number of hydrogen-bond donors (Lipinski definition) is 2. The van der Waals surface area contributed by atoms with E-state index in [1.54, 1.807) is 0 Å². The Labute approximate surface area is 151 Å². The van der Waals surface area contributed by atoms with Gasteiger partial charge in [0.1, 0.15) is 0 Å². The third-order valence-electron chi connectivity index (χ3n) is 3.86. The van der Waals surface area contributed by atoms with Crippen LogP contribution >= 0.6 is 23.2 Å².